The number of aromatic carboxylic acids is 1. The van der Waals surface area contributed by atoms with Crippen LogP contribution in [0.3, 0.4) is 0 Å². The smallest absolute Gasteiger partial charge is 0.372 e. The molecule has 3 nitrogen and oxygen atoms in total. The summed E-state index contributed by atoms with van der Waals surface area (Å²) in [6.45, 7) is 2.11. The van der Waals surface area contributed by atoms with E-state index in [1.54, 1.807) is 6.07 Å². The van der Waals surface area contributed by atoms with Crippen LogP contribution in [0.25, 0.3) is 22.3 Å². The summed E-state index contributed by atoms with van der Waals surface area (Å²) < 4.78 is 5.14. The van der Waals surface area contributed by atoms with Gasteiger partial charge in [-0.2, -0.15) is 0 Å². The van der Waals surface area contributed by atoms with E-state index in [0.29, 0.717) is 5.56 Å². The average Bonchev–Trinajstić information content (AvgIpc) is 3.11. The van der Waals surface area contributed by atoms with Crippen LogP contribution in [0.15, 0.2) is 53.1 Å². The van der Waals surface area contributed by atoms with Crippen molar-refractivity contribution in [3.63, 3.8) is 0 Å². The van der Waals surface area contributed by atoms with Gasteiger partial charge in [-0.3, -0.25) is 0 Å². The molecule has 1 N–H and O–H groups in total. The summed E-state index contributed by atoms with van der Waals surface area (Å²) in [6.07, 6.45) is 2.26. The van der Waals surface area contributed by atoms with Gasteiger partial charge in [0.15, 0.2) is 0 Å². The summed E-state index contributed by atoms with van der Waals surface area (Å²) in [5.74, 6) is -1.04. The van der Waals surface area contributed by atoms with Gasteiger partial charge < -0.3 is 9.52 Å². The van der Waals surface area contributed by atoms with E-state index in [2.05, 4.69) is 31.2 Å². The van der Waals surface area contributed by atoms with E-state index in [1.165, 1.54) is 34.1 Å². The van der Waals surface area contributed by atoms with Crippen molar-refractivity contribution >= 4 is 5.97 Å². The number of fused-ring (bicyclic) bond motifs is 3. The Hall–Kier alpha value is -2.81. The Morgan fingerprint density at radius 2 is 1.82 bits per heavy atom. The molecule has 0 spiro atoms. The Kier molecular flexibility index (Phi) is 2.70. The van der Waals surface area contributed by atoms with Crippen LogP contribution in [-0.2, 0) is 6.42 Å². The Morgan fingerprint density at radius 3 is 2.64 bits per heavy atom. The zero-order valence-electron chi connectivity index (χ0n) is 12.1. The molecule has 0 amide bonds. The molecule has 22 heavy (non-hydrogen) atoms. The third-order valence-electron chi connectivity index (χ3n) is 4.32. The molecule has 0 fully saturated rings. The van der Waals surface area contributed by atoms with Gasteiger partial charge in [-0.25, -0.2) is 4.79 Å². The number of carboxylic acid groups (broad SMARTS) is 1. The molecular weight excluding hydrogens is 276 g/mol. The van der Waals surface area contributed by atoms with Gasteiger partial charge in [0, 0.05) is 5.56 Å². The van der Waals surface area contributed by atoms with Gasteiger partial charge in [0.25, 0.3) is 0 Å². The second kappa shape index (κ2) is 4.60. The second-order valence-electron chi connectivity index (χ2n) is 5.59. The Labute approximate surface area is 127 Å². The number of carbonyl (C=O) groups is 1. The molecule has 1 heterocycles. The van der Waals surface area contributed by atoms with Gasteiger partial charge >= 0.3 is 5.97 Å². The third-order valence-corrected chi connectivity index (χ3v) is 4.32. The SMILES string of the molecule is Cc1cccc2c1-c1cccc(-c3ccoc3C(=O)O)c1C2. The molecule has 1 aromatic heterocycles. The molecule has 0 saturated heterocycles. The van der Waals surface area contributed by atoms with Gasteiger partial charge in [-0.05, 0) is 52.8 Å². The molecule has 2 aromatic carbocycles. The van der Waals surface area contributed by atoms with Crippen molar-refractivity contribution in [3.8, 4) is 22.3 Å². The van der Waals surface area contributed by atoms with Gasteiger partial charge in [0.05, 0.1) is 6.26 Å². The van der Waals surface area contributed by atoms with Crippen molar-refractivity contribution in [3.05, 3.63) is 71.2 Å². The highest BCUT2D eigenvalue weighted by Crippen LogP contribution is 2.43. The predicted molar refractivity (Wildman–Crippen MR) is 84.1 cm³/mol. The molecule has 0 radical (unpaired) electrons. The summed E-state index contributed by atoms with van der Waals surface area (Å²) >= 11 is 0. The number of furan rings is 1. The molecule has 4 rings (SSSR count). The van der Waals surface area contributed by atoms with E-state index < -0.39 is 5.97 Å². The molecule has 1 aliphatic rings. The second-order valence-corrected chi connectivity index (χ2v) is 5.59. The molecule has 0 bridgehead atoms. The van der Waals surface area contributed by atoms with Crippen molar-refractivity contribution in [2.45, 2.75) is 13.3 Å². The summed E-state index contributed by atoms with van der Waals surface area (Å²) in [6, 6.07) is 14.1. The summed E-state index contributed by atoms with van der Waals surface area (Å²) in [5.41, 5.74) is 7.79. The van der Waals surface area contributed by atoms with Crippen molar-refractivity contribution < 1.29 is 14.3 Å². The van der Waals surface area contributed by atoms with Crippen LogP contribution in [0.5, 0.6) is 0 Å². The first-order chi connectivity index (χ1) is 10.7. The number of benzene rings is 2. The van der Waals surface area contributed by atoms with Crippen molar-refractivity contribution in [2.24, 2.45) is 0 Å². The Morgan fingerprint density at radius 1 is 1.05 bits per heavy atom. The van der Waals surface area contributed by atoms with Gasteiger partial charge in [-0.15, -0.1) is 0 Å². The predicted octanol–water partition coefficient (Wildman–Crippen LogP) is 4.52. The number of aryl methyl sites for hydroxylation is 1. The molecule has 3 heteroatoms. The minimum atomic E-state index is -1.04. The molecule has 0 atom stereocenters. The van der Waals surface area contributed by atoms with Crippen molar-refractivity contribution in [1.29, 1.82) is 0 Å². The van der Waals surface area contributed by atoms with Gasteiger partial charge in [0.2, 0.25) is 5.76 Å². The molecule has 3 aromatic rings. The van der Waals surface area contributed by atoms with Crippen molar-refractivity contribution in [2.75, 3.05) is 0 Å². The average molecular weight is 290 g/mol. The lowest BCUT2D eigenvalue weighted by Gasteiger charge is -2.08. The van der Waals surface area contributed by atoms with Crippen LogP contribution < -0.4 is 0 Å². The van der Waals surface area contributed by atoms with E-state index >= 15 is 0 Å². The summed E-state index contributed by atoms with van der Waals surface area (Å²) in [7, 11) is 0. The fourth-order valence-electron chi connectivity index (χ4n) is 3.40. The maximum Gasteiger partial charge on any atom is 0.372 e. The molecular formula is C19H14O3. The first-order valence-electron chi connectivity index (χ1n) is 7.18. The normalized spacial score (nSPS) is 12.0. The highest BCUT2D eigenvalue weighted by atomic mass is 16.4. The lowest BCUT2D eigenvalue weighted by molar-refractivity contribution is 0.0663. The topological polar surface area (TPSA) is 50.4 Å². The number of hydrogen-bond donors (Lipinski definition) is 1. The standard InChI is InChI=1S/C19H14O3/c1-11-4-2-5-12-10-16-13(6-3-7-14(16)17(11)12)15-8-9-22-18(15)19(20)21/h2-9H,10H2,1H3,(H,20,21). The highest BCUT2D eigenvalue weighted by molar-refractivity contribution is 5.95. The first-order valence-corrected chi connectivity index (χ1v) is 7.18. The van der Waals surface area contributed by atoms with E-state index in [4.69, 9.17) is 4.42 Å². The van der Waals surface area contributed by atoms with E-state index in [0.717, 1.165) is 12.0 Å². The quantitative estimate of drug-likeness (QED) is 0.590. The monoisotopic (exact) mass is 290 g/mol. The first kappa shape index (κ1) is 12.9. The molecule has 0 saturated carbocycles. The highest BCUT2D eigenvalue weighted by Gasteiger charge is 2.25. The van der Waals surface area contributed by atoms with Crippen LogP contribution in [0.1, 0.15) is 27.2 Å². The lowest BCUT2D eigenvalue weighted by atomic mass is 9.95. The zero-order valence-corrected chi connectivity index (χ0v) is 12.1. The fraction of sp³-hybridized carbons (Fsp3) is 0.105. The minimum absolute atomic E-state index is 0.000998. The summed E-state index contributed by atoms with van der Waals surface area (Å²) in [4.78, 5) is 11.3. The molecule has 1 aliphatic carbocycles. The van der Waals surface area contributed by atoms with E-state index in [-0.39, 0.29) is 5.76 Å². The summed E-state index contributed by atoms with van der Waals surface area (Å²) in [5, 5.41) is 9.29. The van der Waals surface area contributed by atoms with E-state index in [1.807, 2.05) is 12.1 Å². The Balaban J connectivity index is 1.96. The van der Waals surface area contributed by atoms with Crippen LogP contribution in [0, 0.1) is 6.92 Å². The number of hydrogen-bond acceptors (Lipinski definition) is 2. The minimum Gasteiger partial charge on any atom is -0.475 e. The Bertz CT molecular complexity index is 903. The molecule has 0 aliphatic heterocycles. The number of rotatable bonds is 2. The number of carboxylic acids is 1. The maximum atomic E-state index is 11.3. The largest absolute Gasteiger partial charge is 0.475 e. The van der Waals surface area contributed by atoms with E-state index in [9.17, 15) is 9.90 Å². The van der Waals surface area contributed by atoms with Crippen LogP contribution in [0.2, 0.25) is 0 Å². The maximum absolute atomic E-state index is 11.3. The lowest BCUT2D eigenvalue weighted by Crippen LogP contribution is -1.97. The van der Waals surface area contributed by atoms with Crippen molar-refractivity contribution in [1.82, 2.24) is 0 Å². The van der Waals surface area contributed by atoms with Gasteiger partial charge in [-0.1, -0.05) is 36.4 Å². The zero-order chi connectivity index (χ0) is 15.3. The molecule has 108 valence electrons. The van der Waals surface area contributed by atoms with Crippen LogP contribution in [-0.4, -0.2) is 11.1 Å². The van der Waals surface area contributed by atoms with Crippen LogP contribution in [0.4, 0.5) is 0 Å². The van der Waals surface area contributed by atoms with Crippen LogP contribution >= 0.6 is 0 Å². The third kappa shape index (κ3) is 1.72. The van der Waals surface area contributed by atoms with Gasteiger partial charge in [0.1, 0.15) is 0 Å². The fourth-order valence-corrected chi connectivity index (χ4v) is 3.40. The molecule has 0 unspecified atom stereocenters.